The first-order valence-corrected chi connectivity index (χ1v) is 13.2. The maximum atomic E-state index is 13.9. The third-order valence-corrected chi connectivity index (χ3v) is 7.02. The van der Waals surface area contributed by atoms with Crippen molar-refractivity contribution in [3.05, 3.63) is 81.3 Å². The number of nitrogens with zero attached hydrogens (tertiary/aromatic N) is 5. The molecule has 0 saturated carbocycles. The lowest BCUT2D eigenvalue weighted by atomic mass is 10.1. The lowest BCUT2D eigenvalue weighted by Gasteiger charge is -2.35. The molecule has 9 nitrogen and oxygen atoms in total. The molecule has 0 bridgehead atoms. The number of benzene rings is 2. The van der Waals surface area contributed by atoms with Gasteiger partial charge in [-0.2, -0.15) is 13.2 Å². The number of fused-ring (bicyclic) bond motifs is 2. The van der Waals surface area contributed by atoms with E-state index in [9.17, 15) is 27.6 Å². The van der Waals surface area contributed by atoms with E-state index in [0.29, 0.717) is 43.5 Å². The Morgan fingerprint density at radius 1 is 0.927 bits per heavy atom. The minimum atomic E-state index is -4.67. The predicted molar refractivity (Wildman–Crippen MR) is 148 cm³/mol. The summed E-state index contributed by atoms with van der Waals surface area (Å²) in [5.74, 6) is 0. The van der Waals surface area contributed by atoms with Crippen molar-refractivity contribution in [1.29, 1.82) is 0 Å². The minimum absolute atomic E-state index is 0.116. The number of carbonyl (C=O) groups excluding carboxylic acids is 1. The average molecular weight is 570 g/mol. The van der Waals surface area contributed by atoms with Crippen LogP contribution < -0.4 is 11.2 Å². The van der Waals surface area contributed by atoms with E-state index in [1.54, 1.807) is 56.1 Å². The van der Waals surface area contributed by atoms with Gasteiger partial charge in [0, 0.05) is 56.2 Å². The van der Waals surface area contributed by atoms with E-state index >= 15 is 0 Å². The van der Waals surface area contributed by atoms with Gasteiger partial charge in [-0.15, -0.1) is 0 Å². The first kappa shape index (κ1) is 28.3. The van der Waals surface area contributed by atoms with Gasteiger partial charge in [0.2, 0.25) is 0 Å². The molecule has 1 fully saturated rings. The van der Waals surface area contributed by atoms with Gasteiger partial charge in [-0.25, -0.2) is 14.2 Å². The quantitative estimate of drug-likeness (QED) is 0.365. The maximum absolute atomic E-state index is 13.9. The number of pyridine rings is 1. The fraction of sp³-hybridized carbons (Fsp3) is 0.379. The van der Waals surface area contributed by atoms with Crippen molar-refractivity contribution in [2.75, 3.05) is 32.7 Å². The molecule has 0 atom stereocenters. The molecule has 5 rings (SSSR count). The van der Waals surface area contributed by atoms with Crippen LogP contribution in [0.4, 0.5) is 18.0 Å². The van der Waals surface area contributed by atoms with Gasteiger partial charge < -0.3 is 9.64 Å². The Kier molecular flexibility index (Phi) is 7.37. The van der Waals surface area contributed by atoms with Gasteiger partial charge in [-0.1, -0.05) is 24.3 Å². The highest BCUT2D eigenvalue weighted by molar-refractivity contribution is 5.89. The SMILES string of the molecule is CC(C)(C)OC(=O)N1CCN(CCn2c(=O)n(-c3cncc4ccccc34)c(=O)c3cc(C(F)(F)F)ccc32)CC1. The number of ether oxygens (including phenoxy) is 1. The Hall–Kier alpha value is -4.19. The van der Waals surface area contributed by atoms with Crippen LogP contribution in [-0.2, 0) is 17.5 Å². The summed E-state index contributed by atoms with van der Waals surface area (Å²) in [6, 6.07) is 9.87. The molecule has 0 aliphatic carbocycles. The normalized spacial score (nSPS) is 15.0. The van der Waals surface area contributed by atoms with Crippen LogP contribution in [-0.4, -0.2) is 68.3 Å². The fourth-order valence-electron chi connectivity index (χ4n) is 4.98. The molecule has 1 amide bonds. The summed E-state index contributed by atoms with van der Waals surface area (Å²) < 4.78 is 48.5. The third kappa shape index (κ3) is 5.83. The first-order valence-electron chi connectivity index (χ1n) is 13.2. The molecular formula is C29H30F3N5O4. The number of alkyl halides is 3. The number of halogens is 3. The standard InChI is InChI=1S/C29H30F3N5O4/c1-28(2,3)41-27(40)35-13-10-34(11-14-35)12-15-36-23-9-8-20(29(30,31)32)16-22(23)25(38)37(26(36)39)24-18-33-17-19-6-4-5-7-21(19)24/h4-9,16-18H,10-15H2,1-3H3. The second kappa shape index (κ2) is 10.7. The minimum Gasteiger partial charge on any atom is -0.444 e. The van der Waals surface area contributed by atoms with Crippen LogP contribution in [0.1, 0.15) is 26.3 Å². The molecule has 12 heteroatoms. The lowest BCUT2D eigenvalue weighted by Crippen LogP contribution is -2.51. The Bertz CT molecular complexity index is 1730. The molecular weight excluding hydrogens is 539 g/mol. The van der Waals surface area contributed by atoms with Crippen LogP contribution in [0.15, 0.2) is 64.4 Å². The molecule has 1 aliphatic heterocycles. The van der Waals surface area contributed by atoms with Crippen LogP contribution in [0, 0.1) is 0 Å². The summed E-state index contributed by atoms with van der Waals surface area (Å²) in [6.45, 7) is 7.81. The summed E-state index contributed by atoms with van der Waals surface area (Å²) >= 11 is 0. The fourth-order valence-corrected chi connectivity index (χ4v) is 4.98. The highest BCUT2D eigenvalue weighted by atomic mass is 19.4. The molecule has 3 heterocycles. The van der Waals surface area contributed by atoms with Crippen LogP contribution in [0.25, 0.3) is 27.4 Å². The molecule has 0 N–H and O–H groups in total. The van der Waals surface area contributed by atoms with Gasteiger partial charge in [0.1, 0.15) is 5.60 Å². The van der Waals surface area contributed by atoms with Crippen molar-refractivity contribution in [2.45, 2.75) is 39.1 Å². The maximum Gasteiger partial charge on any atom is 0.416 e. The molecule has 2 aromatic carbocycles. The van der Waals surface area contributed by atoms with Gasteiger partial charge in [0.05, 0.1) is 28.4 Å². The van der Waals surface area contributed by atoms with E-state index < -0.39 is 34.7 Å². The summed E-state index contributed by atoms with van der Waals surface area (Å²) in [6.07, 6.45) is -2.11. The van der Waals surface area contributed by atoms with E-state index in [-0.39, 0.29) is 23.1 Å². The molecule has 2 aromatic heterocycles. The van der Waals surface area contributed by atoms with Crippen LogP contribution in [0.2, 0.25) is 0 Å². The van der Waals surface area contributed by atoms with Crippen molar-refractivity contribution in [1.82, 2.24) is 23.9 Å². The summed E-state index contributed by atoms with van der Waals surface area (Å²) in [5, 5.41) is 1.02. The summed E-state index contributed by atoms with van der Waals surface area (Å²) in [4.78, 5) is 47.7. The van der Waals surface area contributed by atoms with E-state index in [1.807, 2.05) is 0 Å². The first-order chi connectivity index (χ1) is 19.3. The van der Waals surface area contributed by atoms with Crippen molar-refractivity contribution < 1.29 is 22.7 Å². The molecule has 4 aromatic rings. The Morgan fingerprint density at radius 2 is 1.63 bits per heavy atom. The Labute approximate surface area is 233 Å². The van der Waals surface area contributed by atoms with Crippen LogP contribution in [0.5, 0.6) is 0 Å². The smallest absolute Gasteiger partial charge is 0.416 e. The molecule has 216 valence electrons. The molecule has 0 radical (unpaired) electrons. The van der Waals surface area contributed by atoms with Crippen molar-refractivity contribution in [2.24, 2.45) is 0 Å². The lowest BCUT2D eigenvalue weighted by molar-refractivity contribution is -0.137. The van der Waals surface area contributed by atoms with Gasteiger partial charge in [0.25, 0.3) is 5.56 Å². The number of piperazine rings is 1. The number of aromatic nitrogens is 3. The van der Waals surface area contributed by atoms with Gasteiger partial charge in [-0.3, -0.25) is 19.2 Å². The molecule has 0 unspecified atom stereocenters. The van der Waals surface area contributed by atoms with Crippen molar-refractivity contribution in [3.63, 3.8) is 0 Å². The molecule has 1 saturated heterocycles. The number of amides is 1. The average Bonchev–Trinajstić information content (AvgIpc) is 2.92. The number of hydrogen-bond acceptors (Lipinski definition) is 6. The molecule has 0 spiro atoms. The summed E-state index contributed by atoms with van der Waals surface area (Å²) in [5.41, 5.74) is -2.80. The van der Waals surface area contributed by atoms with E-state index in [0.717, 1.165) is 16.7 Å². The van der Waals surface area contributed by atoms with Crippen molar-refractivity contribution in [3.8, 4) is 5.69 Å². The number of hydrogen-bond donors (Lipinski definition) is 0. The van der Waals surface area contributed by atoms with Gasteiger partial charge in [-0.05, 0) is 39.0 Å². The Morgan fingerprint density at radius 3 is 2.32 bits per heavy atom. The highest BCUT2D eigenvalue weighted by Gasteiger charge is 2.32. The van der Waals surface area contributed by atoms with Crippen LogP contribution in [0.3, 0.4) is 0 Å². The zero-order chi connectivity index (χ0) is 29.5. The molecule has 1 aliphatic rings. The van der Waals surface area contributed by atoms with E-state index in [1.165, 1.54) is 16.8 Å². The second-order valence-electron chi connectivity index (χ2n) is 11.0. The van der Waals surface area contributed by atoms with Crippen molar-refractivity contribution >= 4 is 27.8 Å². The third-order valence-electron chi connectivity index (χ3n) is 7.02. The zero-order valence-electron chi connectivity index (χ0n) is 22.9. The predicted octanol–water partition coefficient (Wildman–Crippen LogP) is 4.27. The molecule has 41 heavy (non-hydrogen) atoms. The van der Waals surface area contributed by atoms with Crippen LogP contribution >= 0.6 is 0 Å². The Balaban J connectivity index is 1.52. The number of carbonyl (C=O) groups is 1. The van der Waals surface area contributed by atoms with Gasteiger partial charge >= 0.3 is 18.0 Å². The zero-order valence-corrected chi connectivity index (χ0v) is 22.9. The topological polar surface area (TPSA) is 89.7 Å². The summed E-state index contributed by atoms with van der Waals surface area (Å²) in [7, 11) is 0. The highest BCUT2D eigenvalue weighted by Crippen LogP contribution is 2.31. The van der Waals surface area contributed by atoms with Gasteiger partial charge in [0.15, 0.2) is 0 Å². The number of rotatable bonds is 4. The second-order valence-corrected chi connectivity index (χ2v) is 11.0. The van der Waals surface area contributed by atoms with E-state index in [2.05, 4.69) is 9.88 Å². The van der Waals surface area contributed by atoms with E-state index in [4.69, 9.17) is 4.74 Å². The largest absolute Gasteiger partial charge is 0.444 e. The monoisotopic (exact) mass is 569 g/mol.